The number of aromatic hydroxyl groups is 2. The molecule has 23 rings (SSSR count). The average Bonchev–Trinajstić information content (AvgIpc) is 0.717. The Morgan fingerprint density at radius 3 is 0.709 bits per heavy atom. The zero-order valence-electron chi connectivity index (χ0n) is 88.6. The second-order valence-electron chi connectivity index (χ2n) is 40.9. The predicted molar refractivity (Wildman–Crippen MR) is 618 cm³/mol. The van der Waals surface area contributed by atoms with E-state index in [0.717, 1.165) is 49.6 Å². The minimum atomic E-state index is 0. The first kappa shape index (κ1) is 101. The van der Waals surface area contributed by atoms with Crippen molar-refractivity contribution in [3.05, 3.63) is 409 Å². The molecule has 0 amide bonds. The summed E-state index contributed by atoms with van der Waals surface area (Å²) < 4.78 is 0. The number of phenols is 2. The number of rotatable bonds is 0. The standard InChI is InChI=1S/C20H18.2C20H22.2C18H18.C15H14N2.C12H13NO.C11H11NO.CH4/c1-11-9-12(2)16-7-8-18-14(4)10-13(3)17-6-5-15(11)19(16)20(17)18;2*1-11-7-13(3)19-16(6)18-10-12(2)8-14(4)20(18)15(5)17(19)9-11;2*1-11-5-7-15-14(4)18-10-12(2)6-8-16(18)13(3)17(15)9-11;1-9-7-13-11(3)10(2)12-5-4-6-16-14(12)15(13)17-8-9;1-7-4-10-8(2)5-9(3)12(14)11(10)13-6-7;1-7-6-8(2)11(13)10-9(7)4-3-5-12-10;/h5-10H,1-4H3;2*7-10H,1-6H3;2*5-10H,1-4H3;4-8H,1-3H3;4-6,14H,1-3H3;3-6,13H,1-2H3;1H4. The first-order chi connectivity index (χ1) is 66.5. The fraction of sp³-hybridized carbons (Fsp3) is 0.244. The van der Waals surface area contributed by atoms with Gasteiger partial charge in [-0.2, -0.15) is 0 Å². The Balaban J connectivity index is 0.000000122. The Kier molecular flexibility index (Phi) is 28.9. The summed E-state index contributed by atoms with van der Waals surface area (Å²) in [5, 5.41) is 55.0. The summed E-state index contributed by atoms with van der Waals surface area (Å²) in [6, 6.07) is 75.5. The Morgan fingerprint density at radius 1 is 0.149 bits per heavy atom. The third kappa shape index (κ3) is 19.2. The van der Waals surface area contributed by atoms with Crippen molar-refractivity contribution in [1.82, 2.24) is 19.9 Å². The number of hydrogen-bond donors (Lipinski definition) is 2. The van der Waals surface area contributed by atoms with E-state index in [1.165, 1.54) is 279 Å². The largest absolute Gasteiger partial charge is 0.505 e. The topological polar surface area (TPSA) is 92.0 Å². The monoisotopic (exact) mass is 1850 g/mol. The van der Waals surface area contributed by atoms with Gasteiger partial charge in [-0.1, -0.05) is 234 Å². The number of benzene rings is 19. The van der Waals surface area contributed by atoms with Gasteiger partial charge in [0.15, 0.2) is 0 Å². The molecule has 0 fully saturated rings. The van der Waals surface area contributed by atoms with Gasteiger partial charge < -0.3 is 10.2 Å². The van der Waals surface area contributed by atoms with Crippen molar-refractivity contribution < 1.29 is 10.2 Å². The normalized spacial score (nSPS) is 11.3. The number of aryl methyl sites for hydroxylation is 32. The second-order valence-corrected chi connectivity index (χ2v) is 40.9. The van der Waals surface area contributed by atoms with Gasteiger partial charge in [0.1, 0.15) is 22.5 Å². The molecule has 6 heteroatoms. The predicted octanol–water partition coefficient (Wildman–Crippen LogP) is 37.7. The third-order valence-electron chi connectivity index (χ3n) is 29.9. The smallest absolute Gasteiger partial charge is 0.144 e. The lowest BCUT2D eigenvalue weighted by Crippen LogP contribution is -1.94. The molecule has 0 aliphatic carbocycles. The van der Waals surface area contributed by atoms with Crippen molar-refractivity contribution in [1.29, 1.82) is 0 Å². The van der Waals surface area contributed by atoms with Gasteiger partial charge in [-0.15, -0.1) is 0 Å². The molecule has 0 radical (unpaired) electrons. The molecule has 6 nitrogen and oxygen atoms in total. The van der Waals surface area contributed by atoms with Gasteiger partial charge in [-0.25, -0.2) is 0 Å². The molecule has 0 saturated carbocycles. The molecule has 0 aliphatic rings. The van der Waals surface area contributed by atoms with Gasteiger partial charge in [0.25, 0.3) is 0 Å². The van der Waals surface area contributed by atoms with Crippen LogP contribution in [0, 0.1) is 222 Å². The van der Waals surface area contributed by atoms with Gasteiger partial charge >= 0.3 is 0 Å². The van der Waals surface area contributed by atoms with E-state index in [9.17, 15) is 10.2 Å². The number of aromatic nitrogens is 4. The molecule has 141 heavy (non-hydrogen) atoms. The molecule has 23 aromatic rings. The second kappa shape index (κ2) is 40.4. The van der Waals surface area contributed by atoms with Gasteiger partial charge in [-0.05, 0) is 498 Å². The van der Waals surface area contributed by atoms with Gasteiger partial charge in [0, 0.05) is 46.3 Å². The summed E-state index contributed by atoms with van der Waals surface area (Å²) in [4.78, 5) is 17.4. The number of nitrogens with zero attached hydrogens (tertiary/aromatic N) is 4. The zero-order valence-corrected chi connectivity index (χ0v) is 88.6. The highest BCUT2D eigenvalue weighted by molar-refractivity contribution is 6.25. The molecule has 2 N–H and O–H groups in total. The van der Waals surface area contributed by atoms with E-state index in [0.29, 0.717) is 22.5 Å². The SMILES string of the molecule is C.Cc1cc(C)c2c(C)c3cc(C)cc(C)c3c(C)c2c1.Cc1cc(C)c2c(C)c3cc(C)cc(C)c3c(C)c2c1.Cc1cc(C)c2ccc3c(C)cc(C)c4ccc1c2c43.Cc1cc(C)c2cccnc2c1O.Cc1ccc2c(C)c3cc(C)ccc3c(C)c2c1.Cc1ccc2c(C)c3cc(C)ccc3c(C)c2c1.Cc1cnc2c(O)c(C)cc(C)c2c1.Cc1cnc2c(c1)c(C)c(C)c1cccnc12. The highest BCUT2D eigenvalue weighted by atomic mass is 16.3. The van der Waals surface area contributed by atoms with Crippen molar-refractivity contribution in [2.45, 2.75) is 229 Å². The van der Waals surface area contributed by atoms with Crippen LogP contribution in [0.1, 0.15) is 185 Å². The molecule has 0 atom stereocenters. The van der Waals surface area contributed by atoms with Crippen LogP contribution in [0.4, 0.5) is 0 Å². The van der Waals surface area contributed by atoms with Crippen LogP contribution in [-0.4, -0.2) is 30.1 Å². The van der Waals surface area contributed by atoms with Crippen molar-refractivity contribution in [3.8, 4) is 11.5 Å². The van der Waals surface area contributed by atoms with Crippen molar-refractivity contribution in [2.75, 3.05) is 0 Å². The lowest BCUT2D eigenvalue weighted by molar-refractivity contribution is 0.475. The van der Waals surface area contributed by atoms with Gasteiger partial charge in [-0.3, -0.25) is 19.9 Å². The zero-order chi connectivity index (χ0) is 101. The molecular formula is C135H140N4O2. The van der Waals surface area contributed by atoms with E-state index >= 15 is 0 Å². The van der Waals surface area contributed by atoms with Crippen LogP contribution in [0.2, 0.25) is 0 Å². The van der Waals surface area contributed by atoms with Crippen molar-refractivity contribution in [2.24, 2.45) is 0 Å². The van der Waals surface area contributed by atoms with Crippen molar-refractivity contribution in [3.63, 3.8) is 0 Å². The average molecular weight is 1850 g/mol. The van der Waals surface area contributed by atoms with Crippen LogP contribution >= 0.6 is 0 Å². The first-order valence-electron chi connectivity index (χ1n) is 49.5. The fourth-order valence-corrected chi connectivity index (χ4v) is 22.7. The van der Waals surface area contributed by atoms with Gasteiger partial charge in [0.2, 0.25) is 0 Å². The summed E-state index contributed by atoms with van der Waals surface area (Å²) >= 11 is 0. The Morgan fingerprint density at radius 2 is 0.383 bits per heavy atom. The highest BCUT2D eigenvalue weighted by Crippen LogP contribution is 2.45. The Bertz CT molecular complexity index is 8290. The lowest BCUT2D eigenvalue weighted by Gasteiger charge is -2.17. The maximum absolute atomic E-state index is 9.81. The van der Waals surface area contributed by atoms with Crippen LogP contribution in [0.25, 0.3) is 162 Å². The third-order valence-corrected chi connectivity index (χ3v) is 29.9. The molecule has 0 unspecified atom stereocenters. The molecule has 19 aromatic carbocycles. The molecule has 0 spiro atoms. The number of fused-ring (bicyclic) bond motifs is 13. The fourth-order valence-electron chi connectivity index (χ4n) is 22.7. The van der Waals surface area contributed by atoms with E-state index < -0.39 is 0 Å². The highest BCUT2D eigenvalue weighted by Gasteiger charge is 2.21. The number of hydrogen-bond acceptors (Lipinski definition) is 6. The van der Waals surface area contributed by atoms with Crippen LogP contribution in [0.5, 0.6) is 11.5 Å². The summed E-state index contributed by atoms with van der Waals surface area (Å²) in [5.74, 6) is 0.590. The molecule has 712 valence electrons. The van der Waals surface area contributed by atoms with E-state index in [1.54, 1.807) is 12.4 Å². The van der Waals surface area contributed by atoms with Crippen molar-refractivity contribution >= 4 is 162 Å². The molecule has 4 aromatic heterocycles. The molecule has 0 bridgehead atoms. The van der Waals surface area contributed by atoms with E-state index in [4.69, 9.17) is 0 Å². The number of pyridine rings is 4. The Labute approximate surface area is 836 Å². The first-order valence-corrected chi connectivity index (χ1v) is 49.5. The Hall–Kier alpha value is -14.5. The summed E-state index contributed by atoms with van der Waals surface area (Å²) in [5.41, 5.74) is 45.5. The van der Waals surface area contributed by atoms with Gasteiger partial charge in [0.05, 0.1) is 11.0 Å². The maximum Gasteiger partial charge on any atom is 0.144 e. The maximum atomic E-state index is 9.81. The molecular weight excluding hydrogens is 1710 g/mol. The molecule has 4 heterocycles. The molecule has 0 aliphatic heterocycles. The van der Waals surface area contributed by atoms with Crippen LogP contribution in [0.15, 0.2) is 231 Å². The molecule has 0 saturated heterocycles. The lowest BCUT2D eigenvalue weighted by atomic mass is 9.87. The minimum absolute atomic E-state index is 0. The summed E-state index contributed by atoms with van der Waals surface area (Å²) in [6.45, 7) is 69.4. The number of phenolic OH excluding ortho intramolecular Hbond substituents is 2. The van der Waals surface area contributed by atoms with E-state index in [1.807, 2.05) is 77.3 Å². The van der Waals surface area contributed by atoms with Crippen LogP contribution < -0.4 is 0 Å². The van der Waals surface area contributed by atoms with E-state index in [-0.39, 0.29) is 7.43 Å². The van der Waals surface area contributed by atoms with Crippen LogP contribution in [0.3, 0.4) is 0 Å². The van der Waals surface area contributed by atoms with Crippen LogP contribution in [-0.2, 0) is 0 Å². The minimum Gasteiger partial charge on any atom is -0.505 e. The summed E-state index contributed by atoms with van der Waals surface area (Å²) in [7, 11) is 0. The van der Waals surface area contributed by atoms with E-state index in [2.05, 4.69) is 383 Å². The summed E-state index contributed by atoms with van der Waals surface area (Å²) in [6.07, 6.45) is 7.21. The quantitative estimate of drug-likeness (QED) is 0.116.